The predicted octanol–water partition coefficient (Wildman–Crippen LogP) is 1.96. The van der Waals surface area contributed by atoms with Crippen molar-refractivity contribution >= 4 is 21.7 Å². The molecule has 2 aliphatic rings. The van der Waals surface area contributed by atoms with E-state index in [0.29, 0.717) is 18.8 Å². The first-order chi connectivity index (χ1) is 12.4. The molecule has 26 heavy (non-hydrogen) atoms. The maximum atomic E-state index is 12.6. The van der Waals surface area contributed by atoms with Crippen molar-refractivity contribution in [1.82, 2.24) is 4.31 Å². The number of nitrogens with zero attached hydrogens (tertiary/aromatic N) is 1. The fourth-order valence-corrected chi connectivity index (χ4v) is 4.39. The molecule has 2 fully saturated rings. The normalized spacial score (nSPS) is 24.7. The Morgan fingerprint density at radius 1 is 1.19 bits per heavy atom. The topological polar surface area (TPSA) is 105 Å². The minimum atomic E-state index is -3.48. The molecule has 0 unspecified atom stereocenters. The highest BCUT2D eigenvalue weighted by Crippen LogP contribution is 2.24. The number of hydrogen-bond acceptors (Lipinski definition) is 6. The molecule has 1 aromatic carbocycles. The van der Waals surface area contributed by atoms with Crippen LogP contribution in [0.25, 0.3) is 0 Å². The molecule has 0 spiro atoms. The molecular formula is C17H22N2O6S. The summed E-state index contributed by atoms with van der Waals surface area (Å²) < 4.78 is 37.1. The highest BCUT2D eigenvalue weighted by molar-refractivity contribution is 7.89. The lowest BCUT2D eigenvalue weighted by Crippen LogP contribution is -2.42. The number of piperidine rings is 1. The van der Waals surface area contributed by atoms with Gasteiger partial charge in [-0.25, -0.2) is 13.2 Å². The molecule has 0 amide bonds. The van der Waals surface area contributed by atoms with Gasteiger partial charge in [0.15, 0.2) is 12.6 Å². The van der Waals surface area contributed by atoms with E-state index in [1.54, 1.807) is 19.1 Å². The summed E-state index contributed by atoms with van der Waals surface area (Å²) >= 11 is 0. The van der Waals surface area contributed by atoms with Crippen molar-refractivity contribution in [3.8, 4) is 0 Å². The van der Waals surface area contributed by atoms with Gasteiger partial charge in [-0.05, 0) is 44.0 Å². The van der Waals surface area contributed by atoms with Crippen LogP contribution >= 0.6 is 0 Å². The summed E-state index contributed by atoms with van der Waals surface area (Å²) in [5.74, 6) is -1.15. The van der Waals surface area contributed by atoms with Crippen molar-refractivity contribution in [3.63, 3.8) is 0 Å². The lowest BCUT2D eigenvalue weighted by Gasteiger charge is -2.33. The van der Waals surface area contributed by atoms with Crippen molar-refractivity contribution in [3.05, 3.63) is 36.0 Å². The summed E-state index contributed by atoms with van der Waals surface area (Å²) in [4.78, 5) is 11.5. The molecule has 0 saturated carbocycles. The molecule has 2 saturated heterocycles. The van der Waals surface area contributed by atoms with E-state index in [-0.39, 0.29) is 10.5 Å². The van der Waals surface area contributed by atoms with Crippen LogP contribution < -0.4 is 5.32 Å². The van der Waals surface area contributed by atoms with Crippen LogP contribution in [-0.4, -0.2) is 49.5 Å². The van der Waals surface area contributed by atoms with E-state index in [0.717, 1.165) is 19.3 Å². The zero-order valence-electron chi connectivity index (χ0n) is 14.4. The lowest BCUT2D eigenvalue weighted by atomic mass is 10.2. The average Bonchev–Trinajstić information content (AvgIpc) is 2.61. The number of sulfonamides is 1. The van der Waals surface area contributed by atoms with Gasteiger partial charge < -0.3 is 19.9 Å². The van der Waals surface area contributed by atoms with E-state index < -0.39 is 28.6 Å². The highest BCUT2D eigenvalue weighted by atomic mass is 32.2. The van der Waals surface area contributed by atoms with Crippen LogP contribution in [0, 0.1) is 0 Å². The number of carboxylic acid groups (broad SMARTS) is 1. The Kier molecular flexibility index (Phi) is 5.61. The molecule has 2 heterocycles. The summed E-state index contributed by atoms with van der Waals surface area (Å²) in [6.45, 7) is 2.77. The third-order valence-corrected chi connectivity index (χ3v) is 6.25. The standard InChI is InChI=1S/C17H22N2O6S/c1-12-24-17(25-12)15(16(20)21)11-18-13-5-7-14(8-6-13)26(22,23)19-9-3-2-4-10-19/h5-8,11-12,17-18H,2-4,9-10H2,1H3,(H,20,21)/b15-11-. The van der Waals surface area contributed by atoms with E-state index >= 15 is 0 Å². The molecule has 3 rings (SSSR count). The summed E-state index contributed by atoms with van der Waals surface area (Å²) in [6, 6.07) is 6.22. The second-order valence-electron chi connectivity index (χ2n) is 6.21. The molecule has 8 nitrogen and oxygen atoms in total. The van der Waals surface area contributed by atoms with Crippen LogP contribution in [0.4, 0.5) is 5.69 Å². The summed E-state index contributed by atoms with van der Waals surface area (Å²) in [6.07, 6.45) is 2.76. The third kappa shape index (κ3) is 4.07. The first-order valence-electron chi connectivity index (χ1n) is 8.49. The number of ether oxygens (including phenoxy) is 2. The number of aliphatic carboxylic acids is 1. The fraction of sp³-hybridized carbons (Fsp3) is 0.471. The number of anilines is 1. The smallest absolute Gasteiger partial charge is 0.338 e. The maximum absolute atomic E-state index is 12.6. The van der Waals surface area contributed by atoms with E-state index in [9.17, 15) is 18.3 Å². The number of carboxylic acids is 1. The molecule has 0 bridgehead atoms. The molecule has 1 aromatic rings. The molecule has 0 aromatic heterocycles. The molecule has 2 aliphatic heterocycles. The van der Waals surface area contributed by atoms with Crippen LogP contribution in [0.5, 0.6) is 0 Å². The second kappa shape index (κ2) is 7.75. The Bertz CT molecular complexity index is 778. The number of carbonyl (C=O) groups is 1. The summed E-state index contributed by atoms with van der Waals surface area (Å²) in [7, 11) is -3.48. The molecule has 0 atom stereocenters. The number of nitrogens with one attached hydrogen (secondary N) is 1. The SMILES string of the molecule is CC1OC(/C(=C\Nc2ccc(S(=O)(=O)N3CCCCC3)cc2)C(=O)O)O1. The largest absolute Gasteiger partial charge is 0.478 e. The summed E-state index contributed by atoms with van der Waals surface area (Å²) in [5.41, 5.74) is 0.502. The zero-order chi connectivity index (χ0) is 18.7. The van der Waals surface area contributed by atoms with Crippen LogP contribution in [-0.2, 0) is 24.3 Å². The van der Waals surface area contributed by atoms with Gasteiger partial charge >= 0.3 is 5.97 Å². The van der Waals surface area contributed by atoms with Gasteiger partial charge in [-0.2, -0.15) is 4.31 Å². The Labute approximate surface area is 152 Å². The van der Waals surface area contributed by atoms with Gasteiger partial charge in [0.05, 0.1) is 4.90 Å². The Balaban J connectivity index is 1.69. The molecular weight excluding hydrogens is 360 g/mol. The van der Waals surface area contributed by atoms with Gasteiger partial charge in [-0.1, -0.05) is 6.42 Å². The molecule has 2 N–H and O–H groups in total. The highest BCUT2D eigenvalue weighted by Gasteiger charge is 2.34. The first-order valence-corrected chi connectivity index (χ1v) is 9.93. The first kappa shape index (κ1) is 18.8. The Hall–Kier alpha value is -1.94. The van der Waals surface area contributed by atoms with Crippen molar-refractivity contribution in [2.75, 3.05) is 18.4 Å². The summed E-state index contributed by atoms with van der Waals surface area (Å²) in [5, 5.41) is 12.1. The number of rotatable bonds is 6. The molecule has 9 heteroatoms. The van der Waals surface area contributed by atoms with Gasteiger partial charge in [-0.3, -0.25) is 0 Å². The third-order valence-electron chi connectivity index (χ3n) is 4.33. The quantitative estimate of drug-likeness (QED) is 0.725. The zero-order valence-corrected chi connectivity index (χ0v) is 15.2. The lowest BCUT2D eigenvalue weighted by molar-refractivity contribution is -0.358. The minimum absolute atomic E-state index is 0.0619. The van der Waals surface area contributed by atoms with E-state index in [2.05, 4.69) is 5.32 Å². The van der Waals surface area contributed by atoms with Crippen LogP contribution in [0.1, 0.15) is 26.2 Å². The molecule has 0 aliphatic carbocycles. The van der Waals surface area contributed by atoms with Crippen molar-refractivity contribution < 1.29 is 27.8 Å². The monoisotopic (exact) mass is 382 g/mol. The molecule has 142 valence electrons. The van der Waals surface area contributed by atoms with Crippen LogP contribution in [0.2, 0.25) is 0 Å². The predicted molar refractivity (Wildman–Crippen MR) is 93.8 cm³/mol. The fourth-order valence-electron chi connectivity index (χ4n) is 2.87. The number of benzene rings is 1. The number of hydrogen-bond donors (Lipinski definition) is 2. The van der Waals surface area contributed by atoms with E-state index in [4.69, 9.17) is 9.47 Å². The van der Waals surface area contributed by atoms with Crippen molar-refractivity contribution in [2.24, 2.45) is 0 Å². The van der Waals surface area contributed by atoms with Gasteiger partial charge in [0, 0.05) is 25.0 Å². The van der Waals surface area contributed by atoms with Crippen molar-refractivity contribution in [2.45, 2.75) is 43.7 Å². The van der Waals surface area contributed by atoms with E-state index in [1.807, 2.05) is 0 Å². The maximum Gasteiger partial charge on any atom is 0.338 e. The Morgan fingerprint density at radius 3 is 2.35 bits per heavy atom. The molecule has 0 radical (unpaired) electrons. The van der Waals surface area contributed by atoms with Crippen LogP contribution in [0.15, 0.2) is 40.9 Å². The minimum Gasteiger partial charge on any atom is -0.478 e. The van der Waals surface area contributed by atoms with Crippen molar-refractivity contribution in [1.29, 1.82) is 0 Å². The van der Waals surface area contributed by atoms with Crippen LogP contribution in [0.3, 0.4) is 0 Å². The van der Waals surface area contributed by atoms with Gasteiger partial charge in [-0.15, -0.1) is 0 Å². The average molecular weight is 382 g/mol. The van der Waals surface area contributed by atoms with Gasteiger partial charge in [0.2, 0.25) is 10.0 Å². The van der Waals surface area contributed by atoms with Gasteiger partial charge in [0.1, 0.15) is 5.57 Å². The second-order valence-corrected chi connectivity index (χ2v) is 8.15. The Morgan fingerprint density at radius 2 is 1.81 bits per heavy atom. The van der Waals surface area contributed by atoms with E-state index in [1.165, 1.54) is 22.6 Å². The van der Waals surface area contributed by atoms with Gasteiger partial charge in [0.25, 0.3) is 0 Å².